The molecule has 3 aromatic carbocycles. The fourth-order valence-electron chi connectivity index (χ4n) is 2.81. The molecule has 0 radical (unpaired) electrons. The van der Waals surface area contributed by atoms with Gasteiger partial charge in [0.15, 0.2) is 0 Å². The van der Waals surface area contributed by atoms with Gasteiger partial charge in [-0.25, -0.2) is 10.4 Å². The Morgan fingerprint density at radius 3 is 2.59 bits per heavy atom. The third-order valence-corrected chi connectivity index (χ3v) is 4.92. The minimum absolute atomic E-state index is 0.122. The van der Waals surface area contributed by atoms with Crippen molar-refractivity contribution in [2.45, 2.75) is 0 Å². The fourth-order valence-corrected chi connectivity index (χ4v) is 3.30. The lowest BCUT2D eigenvalue weighted by atomic mass is 10.2. The number of H-pyrrole nitrogens is 1. The molecule has 0 saturated carbocycles. The lowest BCUT2D eigenvalue weighted by Gasteiger charge is -2.02. The second-order valence-corrected chi connectivity index (χ2v) is 6.98. The van der Waals surface area contributed by atoms with Gasteiger partial charge in [0, 0.05) is 11.1 Å². The van der Waals surface area contributed by atoms with Gasteiger partial charge >= 0.3 is 0 Å². The van der Waals surface area contributed by atoms with Gasteiger partial charge in [-0.2, -0.15) is 5.10 Å². The number of fused-ring (bicyclic) bond motifs is 1. The van der Waals surface area contributed by atoms with Gasteiger partial charge in [-0.05, 0) is 42.5 Å². The molecule has 1 aromatic heterocycles. The third kappa shape index (κ3) is 3.94. The van der Waals surface area contributed by atoms with Crippen LogP contribution in [-0.2, 0) is 0 Å². The SMILES string of the molecule is O=C(N/N=C/c1c(Cl)cccc1Cl)c1ccc2nc(-c3ccccc3O)[nH]c2c1. The lowest BCUT2D eigenvalue weighted by Crippen LogP contribution is -2.17. The minimum Gasteiger partial charge on any atom is -0.507 e. The highest BCUT2D eigenvalue weighted by molar-refractivity contribution is 6.38. The summed E-state index contributed by atoms with van der Waals surface area (Å²) in [5.74, 6) is 0.240. The number of aromatic amines is 1. The molecule has 0 spiro atoms. The number of hydrogen-bond acceptors (Lipinski definition) is 4. The average molecular weight is 425 g/mol. The van der Waals surface area contributed by atoms with Crippen LogP contribution in [0.2, 0.25) is 10.0 Å². The van der Waals surface area contributed by atoms with E-state index in [1.807, 2.05) is 6.07 Å². The zero-order valence-electron chi connectivity index (χ0n) is 14.9. The van der Waals surface area contributed by atoms with E-state index in [2.05, 4.69) is 20.5 Å². The fraction of sp³-hybridized carbons (Fsp3) is 0. The summed E-state index contributed by atoms with van der Waals surface area (Å²) in [5, 5.41) is 14.8. The smallest absolute Gasteiger partial charge is 0.271 e. The first-order valence-electron chi connectivity index (χ1n) is 8.58. The molecule has 0 fully saturated rings. The number of phenols is 1. The maximum Gasteiger partial charge on any atom is 0.271 e. The van der Waals surface area contributed by atoms with Crippen LogP contribution in [-0.4, -0.2) is 27.2 Å². The van der Waals surface area contributed by atoms with E-state index in [-0.39, 0.29) is 5.75 Å². The molecule has 4 rings (SSSR count). The molecular formula is C21H14Cl2N4O2. The number of aromatic hydroxyl groups is 1. The predicted octanol–water partition coefficient (Wildman–Crippen LogP) is 5.01. The molecule has 0 aliphatic rings. The molecule has 4 aromatic rings. The molecule has 0 bridgehead atoms. The second kappa shape index (κ2) is 7.95. The number of carbonyl (C=O) groups excluding carboxylic acids is 1. The van der Waals surface area contributed by atoms with Crippen LogP contribution in [0.1, 0.15) is 15.9 Å². The van der Waals surface area contributed by atoms with Crippen LogP contribution in [0.5, 0.6) is 5.75 Å². The number of benzene rings is 3. The number of rotatable bonds is 4. The quantitative estimate of drug-likeness (QED) is 0.317. The van der Waals surface area contributed by atoms with Crippen molar-refractivity contribution in [2.24, 2.45) is 5.10 Å². The largest absolute Gasteiger partial charge is 0.507 e. The van der Waals surface area contributed by atoms with E-state index in [1.165, 1.54) is 6.21 Å². The Bertz CT molecular complexity index is 1230. The summed E-state index contributed by atoms with van der Waals surface area (Å²) in [7, 11) is 0. The number of phenolic OH excluding ortho intramolecular Hbond substituents is 1. The average Bonchev–Trinajstić information content (AvgIpc) is 3.13. The standard InChI is InChI=1S/C21H14Cl2N4O2/c22-15-5-3-6-16(23)14(15)11-24-27-21(29)12-8-9-17-18(10-12)26-20(25-17)13-4-1-2-7-19(13)28/h1-11,28H,(H,25,26)(H,27,29)/b24-11+. The molecular weight excluding hydrogens is 411 g/mol. The van der Waals surface area contributed by atoms with Crippen molar-refractivity contribution >= 4 is 46.4 Å². The molecule has 29 heavy (non-hydrogen) atoms. The van der Waals surface area contributed by atoms with E-state index in [4.69, 9.17) is 23.2 Å². The van der Waals surface area contributed by atoms with Gasteiger partial charge in [0.25, 0.3) is 5.91 Å². The van der Waals surface area contributed by atoms with Crippen molar-refractivity contribution in [3.05, 3.63) is 81.8 Å². The summed E-state index contributed by atoms with van der Waals surface area (Å²) in [6.45, 7) is 0. The molecule has 0 atom stereocenters. The number of amides is 1. The molecule has 3 N–H and O–H groups in total. The van der Waals surface area contributed by atoms with Gasteiger partial charge < -0.3 is 10.1 Å². The van der Waals surface area contributed by atoms with Crippen LogP contribution in [0.15, 0.2) is 65.8 Å². The molecule has 144 valence electrons. The number of aromatic nitrogens is 2. The summed E-state index contributed by atoms with van der Waals surface area (Å²) >= 11 is 12.1. The highest BCUT2D eigenvalue weighted by Crippen LogP contribution is 2.28. The lowest BCUT2D eigenvalue weighted by molar-refractivity contribution is 0.0955. The Balaban J connectivity index is 1.55. The summed E-state index contributed by atoms with van der Waals surface area (Å²) in [5.41, 5.74) is 5.28. The van der Waals surface area contributed by atoms with Gasteiger partial charge in [0.2, 0.25) is 0 Å². The Kier molecular flexibility index (Phi) is 5.20. The van der Waals surface area contributed by atoms with Crippen LogP contribution in [0.25, 0.3) is 22.4 Å². The zero-order valence-corrected chi connectivity index (χ0v) is 16.4. The number of imidazole rings is 1. The first-order valence-corrected chi connectivity index (χ1v) is 9.34. The van der Waals surface area contributed by atoms with E-state index in [0.717, 1.165) is 0 Å². The van der Waals surface area contributed by atoms with Crippen LogP contribution in [0, 0.1) is 0 Å². The number of nitrogens with one attached hydrogen (secondary N) is 2. The van der Waals surface area contributed by atoms with Crippen LogP contribution >= 0.6 is 23.2 Å². The van der Waals surface area contributed by atoms with E-state index in [0.29, 0.717) is 43.6 Å². The van der Waals surface area contributed by atoms with Crippen molar-refractivity contribution in [3.8, 4) is 17.1 Å². The van der Waals surface area contributed by atoms with Crippen LogP contribution < -0.4 is 5.43 Å². The zero-order chi connectivity index (χ0) is 20.4. The normalized spacial score (nSPS) is 11.2. The molecule has 0 saturated heterocycles. The molecule has 0 unspecified atom stereocenters. The summed E-state index contributed by atoms with van der Waals surface area (Å²) < 4.78 is 0. The Morgan fingerprint density at radius 2 is 1.83 bits per heavy atom. The summed E-state index contributed by atoms with van der Waals surface area (Å²) in [6, 6.07) is 17.0. The van der Waals surface area contributed by atoms with Crippen molar-refractivity contribution < 1.29 is 9.90 Å². The van der Waals surface area contributed by atoms with Gasteiger partial charge in [-0.15, -0.1) is 0 Å². The molecule has 1 amide bonds. The maximum atomic E-state index is 12.4. The highest BCUT2D eigenvalue weighted by Gasteiger charge is 2.12. The van der Waals surface area contributed by atoms with Crippen LogP contribution in [0.3, 0.4) is 0 Å². The van der Waals surface area contributed by atoms with E-state index < -0.39 is 5.91 Å². The van der Waals surface area contributed by atoms with Crippen molar-refractivity contribution in [1.29, 1.82) is 0 Å². The van der Waals surface area contributed by atoms with E-state index >= 15 is 0 Å². The third-order valence-electron chi connectivity index (χ3n) is 4.26. The van der Waals surface area contributed by atoms with Crippen LogP contribution in [0.4, 0.5) is 0 Å². The van der Waals surface area contributed by atoms with E-state index in [9.17, 15) is 9.90 Å². The Morgan fingerprint density at radius 1 is 1.07 bits per heavy atom. The first kappa shape index (κ1) is 19.0. The van der Waals surface area contributed by atoms with Gasteiger partial charge in [0.05, 0.1) is 32.9 Å². The second-order valence-electron chi connectivity index (χ2n) is 6.17. The van der Waals surface area contributed by atoms with Gasteiger partial charge in [-0.1, -0.05) is 41.4 Å². The van der Waals surface area contributed by atoms with Crippen molar-refractivity contribution in [2.75, 3.05) is 0 Å². The summed E-state index contributed by atoms with van der Waals surface area (Å²) in [4.78, 5) is 20.0. The Labute approximate surface area is 175 Å². The number of para-hydroxylation sites is 1. The molecule has 0 aliphatic carbocycles. The minimum atomic E-state index is -0.398. The number of carbonyl (C=O) groups is 1. The molecule has 6 nitrogen and oxygen atoms in total. The molecule has 0 aliphatic heterocycles. The molecule has 1 heterocycles. The van der Waals surface area contributed by atoms with E-state index in [1.54, 1.807) is 54.6 Å². The summed E-state index contributed by atoms with van der Waals surface area (Å²) in [6.07, 6.45) is 1.40. The topological polar surface area (TPSA) is 90.4 Å². The Hall–Kier alpha value is -3.35. The monoisotopic (exact) mass is 424 g/mol. The van der Waals surface area contributed by atoms with Gasteiger partial charge in [0.1, 0.15) is 11.6 Å². The van der Waals surface area contributed by atoms with Crippen molar-refractivity contribution in [1.82, 2.24) is 15.4 Å². The maximum absolute atomic E-state index is 12.4. The number of halogens is 2. The predicted molar refractivity (Wildman–Crippen MR) is 115 cm³/mol. The number of nitrogens with zero attached hydrogens (tertiary/aromatic N) is 2. The highest BCUT2D eigenvalue weighted by atomic mass is 35.5. The van der Waals surface area contributed by atoms with Gasteiger partial charge in [-0.3, -0.25) is 4.79 Å². The number of hydrogen-bond donors (Lipinski definition) is 3. The van der Waals surface area contributed by atoms with Crippen molar-refractivity contribution in [3.63, 3.8) is 0 Å². The number of hydrazone groups is 1. The molecule has 8 heteroatoms. The first-order chi connectivity index (χ1) is 14.0.